The molecule has 40 heavy (non-hydrogen) atoms. The normalized spacial score (nSPS) is 11.9. The monoisotopic (exact) mass is 555 g/mol. The maximum Gasteiger partial charge on any atom is 0.337 e. The predicted molar refractivity (Wildman–Crippen MR) is 158 cm³/mol. The zero-order valence-electron chi connectivity index (χ0n) is 22.6. The van der Waals surface area contributed by atoms with Gasteiger partial charge in [-0.2, -0.15) is 0 Å². The van der Waals surface area contributed by atoms with Crippen LogP contribution in [0.4, 0.5) is 5.69 Å². The van der Waals surface area contributed by atoms with Crippen LogP contribution in [0.1, 0.15) is 31.8 Å². The number of carbonyl (C=O) groups is 2. The first-order valence-electron chi connectivity index (χ1n) is 12.6. The van der Waals surface area contributed by atoms with E-state index >= 15 is 0 Å². The molecule has 2 N–H and O–H groups in total. The van der Waals surface area contributed by atoms with Crippen LogP contribution in [0.2, 0.25) is 0 Å². The van der Waals surface area contributed by atoms with Crippen LogP contribution >= 0.6 is 11.3 Å². The Morgan fingerprint density at radius 3 is 2.42 bits per heavy atom. The number of thiazole rings is 1. The van der Waals surface area contributed by atoms with Gasteiger partial charge in [-0.3, -0.25) is 4.79 Å². The highest BCUT2D eigenvalue weighted by atomic mass is 32.1. The Hall–Kier alpha value is -4.54. The first-order chi connectivity index (χ1) is 19.2. The summed E-state index contributed by atoms with van der Waals surface area (Å²) in [5.74, 6) is -0.609. The van der Waals surface area contributed by atoms with Crippen molar-refractivity contribution >= 4 is 55.7 Å². The molecular formula is C30H29N5O4S. The fourth-order valence-corrected chi connectivity index (χ4v) is 5.13. The lowest BCUT2D eigenvalue weighted by Gasteiger charge is -2.19. The summed E-state index contributed by atoms with van der Waals surface area (Å²) in [6, 6.07) is 18.0. The molecular weight excluding hydrogens is 526 g/mol. The van der Waals surface area contributed by atoms with Gasteiger partial charge in [-0.05, 0) is 62.6 Å². The van der Waals surface area contributed by atoms with Crippen molar-refractivity contribution in [2.75, 3.05) is 41.3 Å². The molecule has 0 aliphatic rings. The fourth-order valence-electron chi connectivity index (χ4n) is 4.41. The number of benzene rings is 3. The summed E-state index contributed by atoms with van der Waals surface area (Å²) in [7, 11) is 7.06. The highest BCUT2D eigenvalue weighted by Gasteiger charge is 2.21. The van der Waals surface area contributed by atoms with E-state index in [2.05, 4.69) is 9.97 Å². The van der Waals surface area contributed by atoms with E-state index in [9.17, 15) is 14.7 Å². The van der Waals surface area contributed by atoms with E-state index in [-0.39, 0.29) is 11.8 Å². The van der Waals surface area contributed by atoms with Gasteiger partial charge in [-0.15, -0.1) is 11.3 Å². The molecule has 10 heteroatoms. The van der Waals surface area contributed by atoms with E-state index in [0.29, 0.717) is 45.5 Å². The van der Waals surface area contributed by atoms with Gasteiger partial charge in [-0.1, -0.05) is 12.1 Å². The van der Waals surface area contributed by atoms with E-state index in [4.69, 9.17) is 9.73 Å². The number of nitrogens with zero attached hydrogens (tertiary/aromatic N) is 4. The molecule has 0 radical (unpaired) electrons. The molecule has 2 heterocycles. The van der Waals surface area contributed by atoms with Gasteiger partial charge in [0.25, 0.3) is 5.91 Å². The molecule has 3 aromatic carbocycles. The second kappa shape index (κ2) is 11.3. The van der Waals surface area contributed by atoms with Crippen LogP contribution in [0.5, 0.6) is 5.88 Å². The molecule has 0 aliphatic carbocycles. The van der Waals surface area contributed by atoms with Crippen molar-refractivity contribution < 1.29 is 19.4 Å². The van der Waals surface area contributed by atoms with Gasteiger partial charge in [-0.25, -0.2) is 14.8 Å². The zero-order valence-corrected chi connectivity index (χ0v) is 23.5. The number of aromatic hydroxyl groups is 1. The second-order valence-electron chi connectivity index (χ2n) is 9.67. The molecule has 0 bridgehead atoms. The largest absolute Gasteiger partial charge is 0.494 e. The topological polar surface area (TPSA) is 111 Å². The van der Waals surface area contributed by atoms with Crippen molar-refractivity contribution in [2.45, 2.75) is 0 Å². The number of methoxy groups -OCH3 is 1. The van der Waals surface area contributed by atoms with Crippen LogP contribution in [0, 0.1) is 0 Å². The smallest absolute Gasteiger partial charge is 0.337 e. The van der Waals surface area contributed by atoms with Gasteiger partial charge in [0, 0.05) is 42.2 Å². The van der Waals surface area contributed by atoms with Crippen LogP contribution in [-0.4, -0.2) is 83.8 Å². The Morgan fingerprint density at radius 1 is 0.975 bits per heavy atom. The number of hydrogen-bond donors (Lipinski definition) is 2. The summed E-state index contributed by atoms with van der Waals surface area (Å²) in [6.07, 6.45) is 0. The summed E-state index contributed by atoms with van der Waals surface area (Å²) in [5, 5.41) is 11.8. The van der Waals surface area contributed by atoms with Gasteiger partial charge < -0.3 is 24.6 Å². The number of nitrogens with one attached hydrogen (secondary N) is 1. The number of rotatable bonds is 8. The summed E-state index contributed by atoms with van der Waals surface area (Å²) in [5.41, 5.74) is 6.60. The number of ether oxygens (including phenoxy) is 1. The van der Waals surface area contributed by atoms with Crippen LogP contribution in [-0.2, 0) is 4.74 Å². The number of fused-ring (bicyclic) bond motifs is 2. The summed E-state index contributed by atoms with van der Waals surface area (Å²) in [4.78, 5) is 41.0. The average Bonchev–Trinajstić information content (AvgIpc) is 3.56. The van der Waals surface area contributed by atoms with E-state index in [1.807, 2.05) is 37.2 Å². The molecule has 0 atom stereocenters. The third kappa shape index (κ3) is 5.45. The molecule has 0 fully saturated rings. The number of likely N-dealkylation sites (N-methyl/N-ethyl adjacent to an activating group) is 2. The van der Waals surface area contributed by atoms with E-state index < -0.39 is 5.97 Å². The molecule has 2 aromatic heterocycles. The Balaban J connectivity index is 1.58. The van der Waals surface area contributed by atoms with Gasteiger partial charge in [0.2, 0.25) is 0 Å². The Labute approximate surface area is 235 Å². The minimum Gasteiger partial charge on any atom is -0.494 e. The minimum absolute atomic E-state index is 0.0658. The molecule has 0 unspecified atom stereocenters. The van der Waals surface area contributed by atoms with Crippen LogP contribution in [0.15, 0.2) is 71.2 Å². The molecule has 9 nitrogen and oxygen atoms in total. The molecule has 1 amide bonds. The van der Waals surface area contributed by atoms with Crippen LogP contribution in [0.25, 0.3) is 21.1 Å². The first kappa shape index (κ1) is 27.0. The van der Waals surface area contributed by atoms with E-state index in [1.54, 1.807) is 59.9 Å². The Morgan fingerprint density at radius 2 is 1.70 bits per heavy atom. The maximum absolute atomic E-state index is 12.9. The Kier molecular flexibility index (Phi) is 7.63. The fraction of sp³-hybridized carbons (Fsp3) is 0.200. The van der Waals surface area contributed by atoms with E-state index in [1.165, 1.54) is 18.4 Å². The van der Waals surface area contributed by atoms with Gasteiger partial charge in [0.05, 0.1) is 45.4 Å². The molecule has 0 saturated carbocycles. The van der Waals surface area contributed by atoms with Crippen molar-refractivity contribution in [3.63, 3.8) is 0 Å². The molecule has 204 valence electrons. The number of esters is 1. The van der Waals surface area contributed by atoms with Crippen molar-refractivity contribution in [1.29, 1.82) is 0 Å². The summed E-state index contributed by atoms with van der Waals surface area (Å²) in [6.45, 7) is 1.39. The lowest BCUT2D eigenvalue weighted by Crippen LogP contribution is -2.33. The zero-order chi connectivity index (χ0) is 28.4. The standard InChI is InChI=1S/C30H29N5O4S/c1-34(2)13-14-35(3)29(37)18-5-9-21(10-6-18)32-27(19-8-12-23-25(16-19)40-17-31-23)26-22-11-7-20(30(38)39-4)15-24(22)33-28(26)36/h5-12,15-17,33,36H,13-14H2,1-4H3. The number of aromatic amines is 1. The number of aromatic nitrogens is 2. The van der Waals surface area contributed by atoms with Crippen molar-refractivity contribution in [2.24, 2.45) is 4.99 Å². The molecule has 5 rings (SSSR count). The Bertz CT molecular complexity index is 1740. The predicted octanol–water partition coefficient (Wildman–Crippen LogP) is 5.07. The highest BCUT2D eigenvalue weighted by Crippen LogP contribution is 2.33. The van der Waals surface area contributed by atoms with Gasteiger partial charge in [0.15, 0.2) is 5.88 Å². The van der Waals surface area contributed by atoms with Crippen LogP contribution < -0.4 is 0 Å². The van der Waals surface area contributed by atoms with Crippen molar-refractivity contribution in [3.05, 3.63) is 88.4 Å². The number of hydrogen-bond acceptors (Lipinski definition) is 8. The quantitative estimate of drug-likeness (QED) is 0.204. The minimum atomic E-state index is -0.468. The number of carbonyl (C=O) groups excluding carboxylic acids is 2. The molecule has 5 aromatic rings. The number of aliphatic imine (C=N–C) groups is 1. The van der Waals surface area contributed by atoms with Crippen LogP contribution in [0.3, 0.4) is 0 Å². The third-order valence-electron chi connectivity index (χ3n) is 6.63. The lowest BCUT2D eigenvalue weighted by molar-refractivity contribution is 0.0600. The molecule has 0 aliphatic heterocycles. The van der Waals surface area contributed by atoms with Gasteiger partial charge >= 0.3 is 5.97 Å². The van der Waals surface area contributed by atoms with Gasteiger partial charge in [0.1, 0.15) is 0 Å². The summed E-state index contributed by atoms with van der Waals surface area (Å²) < 4.78 is 5.83. The molecule has 0 saturated heterocycles. The summed E-state index contributed by atoms with van der Waals surface area (Å²) >= 11 is 1.52. The number of amides is 1. The second-order valence-corrected chi connectivity index (χ2v) is 10.6. The molecule has 0 spiro atoms. The SMILES string of the molecule is COC(=O)c1ccc2c(C(=Nc3ccc(C(=O)N(C)CCN(C)C)cc3)c3ccc4ncsc4c3)c(O)[nH]c2c1. The van der Waals surface area contributed by atoms with Crippen molar-refractivity contribution in [3.8, 4) is 5.88 Å². The highest BCUT2D eigenvalue weighted by molar-refractivity contribution is 7.16. The number of H-pyrrole nitrogens is 1. The van der Waals surface area contributed by atoms with Crippen molar-refractivity contribution in [1.82, 2.24) is 19.8 Å². The average molecular weight is 556 g/mol. The third-order valence-corrected chi connectivity index (χ3v) is 7.42. The lowest BCUT2D eigenvalue weighted by atomic mass is 9.99. The maximum atomic E-state index is 12.9. The first-order valence-corrected chi connectivity index (χ1v) is 13.5. The van der Waals surface area contributed by atoms with E-state index in [0.717, 1.165) is 22.3 Å².